The molecular weight excluding hydrogens is 368 g/mol. The number of amides is 1. The zero-order chi connectivity index (χ0) is 19.2. The van der Waals surface area contributed by atoms with E-state index in [1.807, 2.05) is 30.3 Å². The lowest BCUT2D eigenvalue weighted by molar-refractivity contribution is 0.0863. The summed E-state index contributed by atoms with van der Waals surface area (Å²) in [5, 5.41) is 3.08. The molecule has 3 aromatic rings. The van der Waals surface area contributed by atoms with Crippen molar-refractivity contribution in [2.45, 2.75) is 6.61 Å². The number of carbonyl (C=O) groups is 1. The van der Waals surface area contributed by atoms with Crippen molar-refractivity contribution in [1.29, 1.82) is 0 Å². The summed E-state index contributed by atoms with van der Waals surface area (Å²) in [5.74, 6) is -0.150. The first-order valence-electron chi connectivity index (χ1n) is 8.12. The molecule has 0 aliphatic carbocycles. The molecule has 138 valence electrons. The number of carbonyl (C=O) groups excluding carboxylic acids is 1. The lowest BCUT2D eigenvalue weighted by atomic mass is 10.2. The predicted molar refractivity (Wildman–Crippen MR) is 103 cm³/mol. The second kappa shape index (κ2) is 8.42. The third-order valence-electron chi connectivity index (χ3n) is 3.78. The van der Waals surface area contributed by atoms with Crippen LogP contribution in [-0.4, -0.2) is 17.7 Å². The quantitative estimate of drug-likeness (QED) is 0.707. The number of anilines is 1. The molecule has 0 saturated carbocycles. The fraction of sp³-hybridized carbons (Fsp3) is 0.100. The Bertz CT molecular complexity index is 1000. The van der Waals surface area contributed by atoms with Crippen molar-refractivity contribution in [2.75, 3.05) is 12.4 Å². The number of halogens is 1. The van der Waals surface area contributed by atoms with Gasteiger partial charge in [-0.25, -0.2) is 0 Å². The number of aromatic nitrogens is 1. The Balaban J connectivity index is 1.80. The molecule has 1 N–H and O–H groups in total. The van der Waals surface area contributed by atoms with Crippen molar-refractivity contribution in [1.82, 2.24) is 4.73 Å². The molecule has 0 unspecified atom stereocenters. The fourth-order valence-electron chi connectivity index (χ4n) is 2.44. The highest BCUT2D eigenvalue weighted by atomic mass is 35.5. The summed E-state index contributed by atoms with van der Waals surface area (Å²) in [6, 6.07) is 17.2. The minimum atomic E-state index is -0.585. The lowest BCUT2D eigenvalue weighted by Crippen LogP contribution is -2.32. The zero-order valence-corrected chi connectivity index (χ0v) is 15.3. The van der Waals surface area contributed by atoms with Crippen molar-refractivity contribution in [3.05, 3.63) is 93.4 Å². The van der Waals surface area contributed by atoms with E-state index in [0.29, 0.717) is 16.5 Å². The molecule has 1 heterocycles. The van der Waals surface area contributed by atoms with Crippen molar-refractivity contribution in [3.63, 3.8) is 0 Å². The van der Waals surface area contributed by atoms with Crippen LogP contribution in [0.5, 0.6) is 5.75 Å². The van der Waals surface area contributed by atoms with Crippen molar-refractivity contribution >= 4 is 23.2 Å². The molecule has 27 heavy (non-hydrogen) atoms. The van der Waals surface area contributed by atoms with Crippen LogP contribution in [-0.2, 0) is 6.61 Å². The molecule has 0 spiro atoms. The molecule has 0 atom stereocenters. The molecule has 0 saturated heterocycles. The van der Waals surface area contributed by atoms with Gasteiger partial charge in [0, 0.05) is 11.2 Å². The zero-order valence-electron chi connectivity index (χ0n) is 14.5. The summed E-state index contributed by atoms with van der Waals surface area (Å²) in [4.78, 5) is 30.6. The molecule has 3 rings (SSSR count). The van der Waals surface area contributed by atoms with E-state index in [-0.39, 0.29) is 12.2 Å². The molecule has 0 bridgehead atoms. The third kappa shape index (κ3) is 4.48. The Kier molecular flexibility index (Phi) is 5.78. The lowest BCUT2D eigenvalue weighted by Gasteiger charge is -2.12. The van der Waals surface area contributed by atoms with Gasteiger partial charge in [0.15, 0.2) is 0 Å². The molecule has 1 aromatic heterocycles. The van der Waals surface area contributed by atoms with E-state index in [1.54, 1.807) is 24.3 Å². The molecule has 0 aliphatic rings. The maximum Gasteiger partial charge on any atom is 0.295 e. The van der Waals surface area contributed by atoms with Gasteiger partial charge in [0.05, 0.1) is 12.8 Å². The number of pyridine rings is 1. The smallest absolute Gasteiger partial charge is 0.295 e. The number of ether oxygens (including phenoxy) is 1. The van der Waals surface area contributed by atoms with E-state index in [4.69, 9.17) is 21.2 Å². The number of benzene rings is 2. The summed E-state index contributed by atoms with van der Waals surface area (Å²) in [5.41, 5.74) is 0.650. The van der Waals surface area contributed by atoms with Gasteiger partial charge in [0.2, 0.25) is 0 Å². The van der Waals surface area contributed by atoms with Crippen LogP contribution >= 0.6 is 11.6 Å². The van der Waals surface area contributed by atoms with Gasteiger partial charge in [-0.15, -0.1) is 0 Å². The minimum absolute atomic E-state index is 0.0624. The van der Waals surface area contributed by atoms with Gasteiger partial charge in [-0.1, -0.05) is 41.9 Å². The maximum absolute atomic E-state index is 12.6. The van der Waals surface area contributed by atoms with Gasteiger partial charge in [0.25, 0.3) is 11.5 Å². The Morgan fingerprint density at radius 1 is 1.11 bits per heavy atom. The first kappa shape index (κ1) is 18.5. The average Bonchev–Trinajstić information content (AvgIpc) is 2.68. The number of hydrogen-bond acceptors (Lipinski definition) is 4. The Morgan fingerprint density at radius 2 is 1.89 bits per heavy atom. The van der Waals surface area contributed by atoms with E-state index in [0.717, 1.165) is 10.3 Å². The second-order valence-electron chi connectivity index (χ2n) is 5.61. The van der Waals surface area contributed by atoms with Gasteiger partial charge in [-0.2, -0.15) is 4.73 Å². The van der Waals surface area contributed by atoms with E-state index < -0.39 is 11.5 Å². The van der Waals surface area contributed by atoms with Gasteiger partial charge in [-0.05, 0) is 35.9 Å². The van der Waals surface area contributed by atoms with E-state index in [9.17, 15) is 9.59 Å². The number of hydrogen-bond donors (Lipinski definition) is 1. The molecule has 1 amide bonds. The van der Waals surface area contributed by atoms with E-state index in [2.05, 4.69) is 5.32 Å². The van der Waals surface area contributed by atoms with Crippen LogP contribution in [0.15, 0.2) is 71.7 Å². The molecule has 2 aromatic carbocycles. The maximum atomic E-state index is 12.6. The number of nitrogens with zero attached hydrogens (tertiary/aromatic N) is 1. The monoisotopic (exact) mass is 384 g/mol. The van der Waals surface area contributed by atoms with Crippen LogP contribution < -0.4 is 20.5 Å². The van der Waals surface area contributed by atoms with Crippen LogP contribution in [0.3, 0.4) is 0 Å². The van der Waals surface area contributed by atoms with Crippen molar-refractivity contribution in [2.24, 2.45) is 0 Å². The number of methoxy groups -OCH3 is 1. The van der Waals surface area contributed by atoms with Crippen LogP contribution in [0, 0.1) is 0 Å². The van der Waals surface area contributed by atoms with Crippen LogP contribution in [0.4, 0.5) is 5.69 Å². The van der Waals surface area contributed by atoms with Gasteiger partial charge < -0.3 is 14.9 Å². The standard InChI is InChI=1S/C20H17ClN2O4/c1-26-18-10-9-15(21)12-17(18)22-19(24)16-8-5-11-23(20(16)25)27-13-14-6-3-2-4-7-14/h2-12H,13H2,1H3,(H,22,24). The normalized spacial score (nSPS) is 10.3. The summed E-state index contributed by atoms with van der Waals surface area (Å²) in [6.07, 6.45) is 1.46. The summed E-state index contributed by atoms with van der Waals surface area (Å²) >= 11 is 5.97. The van der Waals surface area contributed by atoms with Crippen LogP contribution in [0.25, 0.3) is 0 Å². The minimum Gasteiger partial charge on any atom is -0.495 e. The van der Waals surface area contributed by atoms with E-state index in [1.165, 1.54) is 19.4 Å². The summed E-state index contributed by atoms with van der Waals surface area (Å²) in [7, 11) is 1.48. The molecule has 0 radical (unpaired) electrons. The third-order valence-corrected chi connectivity index (χ3v) is 4.02. The van der Waals surface area contributed by atoms with Gasteiger partial charge in [-0.3, -0.25) is 9.59 Å². The summed E-state index contributed by atoms with van der Waals surface area (Å²) < 4.78 is 6.24. The first-order valence-corrected chi connectivity index (χ1v) is 8.50. The molecule has 6 nitrogen and oxygen atoms in total. The number of rotatable bonds is 6. The Labute approximate surface area is 160 Å². The first-order chi connectivity index (χ1) is 13.1. The summed E-state index contributed by atoms with van der Waals surface area (Å²) in [6.45, 7) is 0.202. The van der Waals surface area contributed by atoms with Crippen molar-refractivity contribution in [3.8, 4) is 5.75 Å². The van der Waals surface area contributed by atoms with Crippen molar-refractivity contribution < 1.29 is 14.4 Å². The SMILES string of the molecule is COc1ccc(Cl)cc1NC(=O)c1cccn(OCc2ccccc2)c1=O. The molecule has 0 aliphatic heterocycles. The average molecular weight is 385 g/mol. The van der Waals surface area contributed by atoms with Crippen LogP contribution in [0.2, 0.25) is 5.02 Å². The highest BCUT2D eigenvalue weighted by Gasteiger charge is 2.15. The molecule has 0 fully saturated rings. The second-order valence-corrected chi connectivity index (χ2v) is 6.05. The van der Waals surface area contributed by atoms with E-state index >= 15 is 0 Å². The topological polar surface area (TPSA) is 69.6 Å². The predicted octanol–water partition coefficient (Wildman–Crippen LogP) is 3.39. The Morgan fingerprint density at radius 3 is 2.63 bits per heavy atom. The largest absolute Gasteiger partial charge is 0.495 e. The van der Waals surface area contributed by atoms with Gasteiger partial charge >= 0.3 is 0 Å². The molecular formula is C20H17ClN2O4. The van der Waals surface area contributed by atoms with Crippen LogP contribution in [0.1, 0.15) is 15.9 Å². The van der Waals surface area contributed by atoms with Gasteiger partial charge in [0.1, 0.15) is 17.9 Å². The molecule has 7 heteroatoms. The Hall–Kier alpha value is -3.25. The number of nitrogens with one attached hydrogen (secondary N) is 1. The highest BCUT2D eigenvalue weighted by Crippen LogP contribution is 2.27. The highest BCUT2D eigenvalue weighted by molar-refractivity contribution is 6.31. The fourth-order valence-corrected chi connectivity index (χ4v) is 2.61.